The maximum absolute atomic E-state index is 11.7. The number of halogens is 1. The maximum Gasteiger partial charge on any atom is 0.319 e. The summed E-state index contributed by atoms with van der Waals surface area (Å²) in [7, 11) is 1.75. The average Bonchev–Trinajstić information content (AvgIpc) is 3.15. The Bertz CT molecular complexity index is 714. The van der Waals surface area contributed by atoms with Crippen molar-refractivity contribution in [1.82, 2.24) is 25.7 Å². The third-order valence-corrected chi connectivity index (χ3v) is 3.73. The van der Waals surface area contributed by atoms with Crippen molar-refractivity contribution in [2.24, 2.45) is 4.99 Å². The standard InChI is InChI=1S/C19H29N7O.HI/c1-15(2)24-19(27)25-17-8-6-16(7-9-17)14-22-18(20-3)21-10-4-12-26-13-5-11-23-26;/h5-9,11,13,15H,4,10,12,14H2,1-3H3,(H2,20,21,22)(H2,24,25,27);1H. The molecule has 1 heterocycles. The number of amides is 2. The van der Waals surface area contributed by atoms with Crippen LogP contribution in [0.4, 0.5) is 10.5 Å². The average molecular weight is 499 g/mol. The number of nitrogens with zero attached hydrogens (tertiary/aromatic N) is 3. The molecule has 0 bridgehead atoms. The van der Waals surface area contributed by atoms with E-state index in [2.05, 4.69) is 31.4 Å². The van der Waals surface area contributed by atoms with Gasteiger partial charge in [0.25, 0.3) is 0 Å². The molecular weight excluding hydrogens is 469 g/mol. The lowest BCUT2D eigenvalue weighted by molar-refractivity contribution is 0.250. The number of rotatable bonds is 8. The minimum Gasteiger partial charge on any atom is -0.356 e. The lowest BCUT2D eigenvalue weighted by atomic mass is 10.2. The Labute approximate surface area is 183 Å². The second-order valence-corrected chi connectivity index (χ2v) is 6.43. The van der Waals surface area contributed by atoms with Crippen LogP contribution in [0.3, 0.4) is 0 Å². The lowest BCUT2D eigenvalue weighted by Crippen LogP contribution is -2.37. The molecule has 0 saturated heterocycles. The predicted molar refractivity (Wildman–Crippen MR) is 124 cm³/mol. The summed E-state index contributed by atoms with van der Waals surface area (Å²) in [6, 6.07) is 9.55. The summed E-state index contributed by atoms with van der Waals surface area (Å²) in [6.45, 7) is 6.18. The topological polar surface area (TPSA) is 95.4 Å². The van der Waals surface area contributed by atoms with Crippen LogP contribution in [0.1, 0.15) is 25.8 Å². The van der Waals surface area contributed by atoms with Crippen molar-refractivity contribution in [3.8, 4) is 0 Å². The van der Waals surface area contributed by atoms with Crippen LogP contribution in [0.25, 0.3) is 0 Å². The van der Waals surface area contributed by atoms with Crippen LogP contribution >= 0.6 is 24.0 Å². The minimum absolute atomic E-state index is 0. The molecule has 0 radical (unpaired) electrons. The number of benzene rings is 1. The number of nitrogens with one attached hydrogen (secondary N) is 4. The highest BCUT2D eigenvalue weighted by Gasteiger charge is 2.03. The molecule has 0 atom stereocenters. The highest BCUT2D eigenvalue weighted by atomic mass is 127. The van der Waals surface area contributed by atoms with E-state index in [1.807, 2.05) is 55.1 Å². The molecule has 1 aromatic heterocycles. The van der Waals surface area contributed by atoms with Crippen molar-refractivity contribution >= 4 is 41.7 Å². The van der Waals surface area contributed by atoms with Crippen LogP contribution in [0.2, 0.25) is 0 Å². The third-order valence-electron chi connectivity index (χ3n) is 3.73. The van der Waals surface area contributed by atoms with Gasteiger partial charge in [0, 0.05) is 50.8 Å². The molecule has 1 aromatic carbocycles. The van der Waals surface area contributed by atoms with Crippen LogP contribution in [-0.2, 0) is 13.1 Å². The SMILES string of the molecule is CN=C(NCCCn1cccn1)NCc1ccc(NC(=O)NC(C)C)cc1.I. The molecule has 0 aliphatic rings. The fraction of sp³-hybridized carbons (Fsp3) is 0.421. The van der Waals surface area contributed by atoms with Crippen molar-refractivity contribution in [3.05, 3.63) is 48.3 Å². The molecule has 28 heavy (non-hydrogen) atoms. The maximum atomic E-state index is 11.7. The van der Waals surface area contributed by atoms with Crippen molar-refractivity contribution < 1.29 is 4.79 Å². The van der Waals surface area contributed by atoms with Crippen LogP contribution in [0.15, 0.2) is 47.7 Å². The van der Waals surface area contributed by atoms with Crippen molar-refractivity contribution in [3.63, 3.8) is 0 Å². The quantitative estimate of drug-likeness (QED) is 0.195. The van der Waals surface area contributed by atoms with Gasteiger partial charge in [-0.1, -0.05) is 12.1 Å². The summed E-state index contributed by atoms with van der Waals surface area (Å²) in [5, 5.41) is 16.4. The van der Waals surface area contributed by atoms with Crippen LogP contribution in [-0.4, -0.2) is 41.4 Å². The smallest absolute Gasteiger partial charge is 0.319 e. The predicted octanol–water partition coefficient (Wildman–Crippen LogP) is 2.79. The van der Waals surface area contributed by atoms with Gasteiger partial charge in [-0.2, -0.15) is 5.10 Å². The Morgan fingerprint density at radius 2 is 1.96 bits per heavy atom. The Morgan fingerprint density at radius 1 is 1.21 bits per heavy atom. The molecule has 2 aromatic rings. The molecule has 9 heteroatoms. The summed E-state index contributed by atoms with van der Waals surface area (Å²) in [6.07, 6.45) is 4.70. The Morgan fingerprint density at radius 3 is 2.57 bits per heavy atom. The molecule has 0 spiro atoms. The monoisotopic (exact) mass is 499 g/mol. The molecule has 0 aliphatic heterocycles. The Balaban J connectivity index is 0.00000392. The number of guanidine groups is 1. The van der Waals surface area contributed by atoms with Gasteiger partial charge in [0.05, 0.1) is 0 Å². The molecule has 0 saturated carbocycles. The normalized spacial score (nSPS) is 10.9. The number of aromatic nitrogens is 2. The summed E-state index contributed by atoms with van der Waals surface area (Å²) in [4.78, 5) is 15.9. The van der Waals surface area contributed by atoms with E-state index in [0.717, 1.165) is 36.7 Å². The van der Waals surface area contributed by atoms with Gasteiger partial charge in [-0.05, 0) is 44.0 Å². The first kappa shape index (κ1) is 23.7. The fourth-order valence-electron chi connectivity index (χ4n) is 2.42. The van der Waals surface area contributed by atoms with E-state index >= 15 is 0 Å². The van der Waals surface area contributed by atoms with Gasteiger partial charge in [-0.3, -0.25) is 9.67 Å². The summed E-state index contributed by atoms with van der Waals surface area (Å²) in [5.74, 6) is 0.758. The Kier molecular flexibility index (Phi) is 11.0. The summed E-state index contributed by atoms with van der Waals surface area (Å²) >= 11 is 0. The van der Waals surface area contributed by atoms with E-state index in [-0.39, 0.29) is 36.0 Å². The van der Waals surface area contributed by atoms with E-state index in [1.165, 1.54) is 0 Å². The van der Waals surface area contributed by atoms with Gasteiger partial charge in [0.15, 0.2) is 5.96 Å². The number of hydrogen-bond donors (Lipinski definition) is 4. The largest absolute Gasteiger partial charge is 0.356 e. The molecule has 2 amide bonds. The zero-order chi connectivity index (χ0) is 19.5. The van der Waals surface area contributed by atoms with Gasteiger partial charge in [-0.25, -0.2) is 4.79 Å². The van der Waals surface area contributed by atoms with Crippen LogP contribution in [0.5, 0.6) is 0 Å². The van der Waals surface area contributed by atoms with Gasteiger partial charge in [0.2, 0.25) is 0 Å². The number of anilines is 1. The van der Waals surface area contributed by atoms with E-state index in [4.69, 9.17) is 0 Å². The number of hydrogen-bond acceptors (Lipinski definition) is 3. The third kappa shape index (κ3) is 9.07. The fourth-order valence-corrected chi connectivity index (χ4v) is 2.42. The molecule has 154 valence electrons. The second-order valence-electron chi connectivity index (χ2n) is 6.43. The minimum atomic E-state index is -0.199. The molecule has 8 nitrogen and oxygen atoms in total. The van der Waals surface area contributed by atoms with Gasteiger partial charge in [-0.15, -0.1) is 24.0 Å². The molecule has 4 N–H and O–H groups in total. The van der Waals surface area contributed by atoms with Crippen LogP contribution in [0, 0.1) is 0 Å². The zero-order valence-electron chi connectivity index (χ0n) is 16.6. The number of urea groups is 1. The molecule has 0 aliphatic carbocycles. The van der Waals surface area contributed by atoms with Crippen molar-refractivity contribution in [2.45, 2.75) is 39.4 Å². The van der Waals surface area contributed by atoms with E-state index in [0.29, 0.717) is 6.54 Å². The lowest BCUT2D eigenvalue weighted by Gasteiger charge is -2.13. The second kappa shape index (κ2) is 13.0. The van der Waals surface area contributed by atoms with Gasteiger partial charge < -0.3 is 21.3 Å². The van der Waals surface area contributed by atoms with Crippen molar-refractivity contribution in [1.29, 1.82) is 0 Å². The highest BCUT2D eigenvalue weighted by Crippen LogP contribution is 2.09. The van der Waals surface area contributed by atoms with Crippen molar-refractivity contribution in [2.75, 3.05) is 18.9 Å². The summed E-state index contributed by atoms with van der Waals surface area (Å²) < 4.78 is 1.91. The van der Waals surface area contributed by atoms with Crippen LogP contribution < -0.4 is 21.3 Å². The van der Waals surface area contributed by atoms with E-state index < -0.39 is 0 Å². The summed E-state index contributed by atoms with van der Waals surface area (Å²) in [5.41, 5.74) is 1.86. The number of aryl methyl sites for hydroxylation is 1. The highest BCUT2D eigenvalue weighted by molar-refractivity contribution is 14.0. The number of carbonyl (C=O) groups is 1. The number of carbonyl (C=O) groups excluding carboxylic acids is 1. The zero-order valence-corrected chi connectivity index (χ0v) is 18.9. The first-order chi connectivity index (χ1) is 13.1. The molecule has 0 fully saturated rings. The first-order valence-electron chi connectivity index (χ1n) is 9.15. The van der Waals surface area contributed by atoms with E-state index in [9.17, 15) is 4.79 Å². The van der Waals surface area contributed by atoms with Gasteiger partial charge in [0.1, 0.15) is 0 Å². The molecule has 0 unspecified atom stereocenters. The molecular formula is C19H30IN7O. The van der Waals surface area contributed by atoms with Gasteiger partial charge >= 0.3 is 6.03 Å². The first-order valence-corrected chi connectivity index (χ1v) is 9.15. The number of aliphatic imine (C=N–C) groups is 1. The Hall–Kier alpha value is -2.30. The van der Waals surface area contributed by atoms with E-state index in [1.54, 1.807) is 13.2 Å². The molecule has 2 rings (SSSR count).